The molecule has 1 fully saturated rings. The van der Waals surface area contributed by atoms with Gasteiger partial charge < -0.3 is 14.4 Å². The molecule has 2 aliphatic rings. The summed E-state index contributed by atoms with van der Waals surface area (Å²) in [5, 5.41) is 0. The Bertz CT molecular complexity index is 1340. The SMILES string of the molecule is C[C@H]1CN(c2ccc3c(n2)Cn2cc(-c4ccc(F)cc4)cc2-c2nccn2-3)C[C@@H]1CN(C)C. The fourth-order valence-electron chi connectivity index (χ4n) is 5.40. The van der Waals surface area contributed by atoms with Crippen LogP contribution in [0.15, 0.2) is 61.1 Å². The Kier molecular flexibility index (Phi) is 5.03. The lowest BCUT2D eigenvalue weighted by molar-refractivity contribution is 0.301. The molecule has 0 saturated carbocycles. The van der Waals surface area contributed by atoms with Crippen molar-refractivity contribution in [3.63, 3.8) is 0 Å². The van der Waals surface area contributed by atoms with Crippen LogP contribution in [-0.4, -0.2) is 57.7 Å². The number of hydrogen-bond acceptors (Lipinski definition) is 4. The zero-order chi connectivity index (χ0) is 23.4. The molecule has 3 aromatic heterocycles. The number of halogens is 1. The van der Waals surface area contributed by atoms with E-state index in [-0.39, 0.29) is 5.82 Å². The van der Waals surface area contributed by atoms with Gasteiger partial charge in [0.25, 0.3) is 0 Å². The van der Waals surface area contributed by atoms with E-state index in [2.05, 4.69) is 69.3 Å². The number of rotatable bonds is 4. The van der Waals surface area contributed by atoms with Crippen molar-refractivity contribution in [3.8, 4) is 28.3 Å². The maximum absolute atomic E-state index is 13.4. The lowest BCUT2D eigenvalue weighted by Gasteiger charge is -2.21. The van der Waals surface area contributed by atoms with Gasteiger partial charge in [-0.1, -0.05) is 19.1 Å². The summed E-state index contributed by atoms with van der Waals surface area (Å²) in [5.74, 6) is 2.99. The second kappa shape index (κ2) is 8.09. The van der Waals surface area contributed by atoms with E-state index in [1.807, 2.05) is 24.5 Å². The van der Waals surface area contributed by atoms with Gasteiger partial charge in [-0.3, -0.25) is 4.57 Å². The van der Waals surface area contributed by atoms with E-state index in [0.29, 0.717) is 18.4 Å². The van der Waals surface area contributed by atoms with Crippen molar-refractivity contribution in [2.75, 3.05) is 38.6 Å². The summed E-state index contributed by atoms with van der Waals surface area (Å²) in [6.45, 7) is 6.17. The molecule has 0 radical (unpaired) electrons. The molecule has 2 atom stereocenters. The minimum Gasteiger partial charge on any atom is -0.356 e. The third kappa shape index (κ3) is 3.60. The van der Waals surface area contributed by atoms with Crippen LogP contribution in [0.3, 0.4) is 0 Å². The zero-order valence-corrected chi connectivity index (χ0v) is 19.8. The van der Waals surface area contributed by atoms with Gasteiger partial charge in [0, 0.05) is 43.8 Å². The normalized spacial score (nSPS) is 19.1. The van der Waals surface area contributed by atoms with Crippen LogP contribution in [0.1, 0.15) is 12.6 Å². The summed E-state index contributed by atoms with van der Waals surface area (Å²) in [7, 11) is 4.29. The first kappa shape index (κ1) is 21.1. The Morgan fingerprint density at radius 3 is 2.68 bits per heavy atom. The van der Waals surface area contributed by atoms with Crippen LogP contribution in [0.4, 0.5) is 10.2 Å². The standard InChI is InChI=1S/C27H29FN6/c1-18-13-33(16-21(18)14-31(2)3)26-9-8-24-23(30-26)17-32-15-20(19-4-6-22(28)7-5-19)12-25(32)27-29-10-11-34(24)27/h4-12,15,18,21H,13-14,16-17H2,1-3H3/t18-,21-/m0/s1. The highest BCUT2D eigenvalue weighted by atomic mass is 19.1. The molecule has 0 bridgehead atoms. The van der Waals surface area contributed by atoms with Gasteiger partial charge in [0.1, 0.15) is 11.6 Å². The molecule has 34 heavy (non-hydrogen) atoms. The smallest absolute Gasteiger partial charge is 0.161 e. The molecule has 6 rings (SSSR count). The molecule has 1 aromatic carbocycles. The van der Waals surface area contributed by atoms with Gasteiger partial charge in [-0.15, -0.1) is 0 Å². The fraction of sp³-hybridized carbons (Fsp3) is 0.333. The largest absolute Gasteiger partial charge is 0.356 e. The molecule has 0 amide bonds. The molecule has 0 unspecified atom stereocenters. The minimum atomic E-state index is -0.227. The van der Waals surface area contributed by atoms with Crippen molar-refractivity contribution in [3.05, 3.63) is 72.6 Å². The lowest BCUT2D eigenvalue weighted by atomic mass is 9.98. The van der Waals surface area contributed by atoms with Crippen LogP contribution in [0.25, 0.3) is 28.3 Å². The highest BCUT2D eigenvalue weighted by Gasteiger charge is 2.31. The summed E-state index contributed by atoms with van der Waals surface area (Å²) in [4.78, 5) is 14.5. The number of imidazole rings is 1. The monoisotopic (exact) mass is 456 g/mol. The van der Waals surface area contributed by atoms with Crippen LogP contribution < -0.4 is 4.90 Å². The molecule has 1 saturated heterocycles. The summed E-state index contributed by atoms with van der Waals surface area (Å²) in [6.07, 6.45) is 5.96. The molecule has 0 spiro atoms. The molecule has 174 valence electrons. The number of hydrogen-bond donors (Lipinski definition) is 0. The number of benzene rings is 1. The van der Waals surface area contributed by atoms with E-state index in [1.54, 1.807) is 0 Å². The molecular weight excluding hydrogens is 427 g/mol. The molecule has 6 nitrogen and oxygen atoms in total. The maximum atomic E-state index is 13.4. The highest BCUT2D eigenvalue weighted by Crippen LogP contribution is 2.35. The number of fused-ring (bicyclic) bond motifs is 5. The van der Waals surface area contributed by atoms with Gasteiger partial charge in [-0.2, -0.15) is 0 Å². The minimum absolute atomic E-state index is 0.227. The van der Waals surface area contributed by atoms with Crippen molar-refractivity contribution >= 4 is 5.82 Å². The molecule has 5 heterocycles. The van der Waals surface area contributed by atoms with Crippen molar-refractivity contribution in [1.82, 2.24) is 24.0 Å². The summed E-state index contributed by atoms with van der Waals surface area (Å²) in [6, 6.07) is 13.1. The molecular formula is C27H29FN6. The second-order valence-corrected chi connectivity index (χ2v) is 9.91. The van der Waals surface area contributed by atoms with E-state index < -0.39 is 0 Å². The van der Waals surface area contributed by atoms with Crippen LogP contribution >= 0.6 is 0 Å². The average Bonchev–Trinajstić information content (AvgIpc) is 3.52. The van der Waals surface area contributed by atoms with E-state index >= 15 is 0 Å². The Hall–Kier alpha value is -3.45. The van der Waals surface area contributed by atoms with Gasteiger partial charge in [0.15, 0.2) is 5.82 Å². The second-order valence-electron chi connectivity index (χ2n) is 9.91. The van der Waals surface area contributed by atoms with E-state index in [0.717, 1.165) is 59.5 Å². The third-order valence-electron chi connectivity index (χ3n) is 7.15. The molecule has 0 aliphatic carbocycles. The maximum Gasteiger partial charge on any atom is 0.161 e. The van der Waals surface area contributed by atoms with Crippen LogP contribution in [0, 0.1) is 17.7 Å². The summed E-state index contributed by atoms with van der Waals surface area (Å²) < 4.78 is 17.8. The quantitative estimate of drug-likeness (QED) is 0.398. The Morgan fingerprint density at radius 2 is 1.88 bits per heavy atom. The predicted octanol–water partition coefficient (Wildman–Crippen LogP) is 4.54. The van der Waals surface area contributed by atoms with Crippen molar-refractivity contribution in [1.29, 1.82) is 0 Å². The van der Waals surface area contributed by atoms with Gasteiger partial charge in [0.05, 0.1) is 23.6 Å². The van der Waals surface area contributed by atoms with Gasteiger partial charge >= 0.3 is 0 Å². The van der Waals surface area contributed by atoms with Crippen molar-refractivity contribution < 1.29 is 4.39 Å². The van der Waals surface area contributed by atoms with Crippen molar-refractivity contribution in [2.24, 2.45) is 11.8 Å². The Labute approximate surface area is 199 Å². The molecule has 7 heteroatoms. The van der Waals surface area contributed by atoms with E-state index in [1.165, 1.54) is 12.1 Å². The fourth-order valence-corrected chi connectivity index (χ4v) is 5.40. The molecule has 4 aromatic rings. The van der Waals surface area contributed by atoms with Crippen LogP contribution in [0.5, 0.6) is 0 Å². The number of aromatic nitrogens is 4. The van der Waals surface area contributed by atoms with Gasteiger partial charge in [-0.25, -0.2) is 14.4 Å². The lowest BCUT2D eigenvalue weighted by Crippen LogP contribution is -2.27. The van der Waals surface area contributed by atoms with Crippen LogP contribution in [-0.2, 0) is 6.54 Å². The zero-order valence-electron chi connectivity index (χ0n) is 19.8. The number of nitrogens with zero attached hydrogens (tertiary/aromatic N) is 6. The van der Waals surface area contributed by atoms with Crippen molar-refractivity contribution in [2.45, 2.75) is 13.5 Å². The van der Waals surface area contributed by atoms with E-state index in [9.17, 15) is 4.39 Å². The Morgan fingerprint density at radius 1 is 1.06 bits per heavy atom. The first-order chi connectivity index (χ1) is 16.5. The molecule has 2 aliphatic heterocycles. The highest BCUT2D eigenvalue weighted by molar-refractivity contribution is 5.71. The first-order valence-electron chi connectivity index (χ1n) is 11.9. The summed E-state index contributed by atoms with van der Waals surface area (Å²) in [5.41, 5.74) is 5.16. The average molecular weight is 457 g/mol. The Balaban J connectivity index is 1.37. The van der Waals surface area contributed by atoms with Gasteiger partial charge in [0.2, 0.25) is 0 Å². The first-order valence-corrected chi connectivity index (χ1v) is 11.9. The number of anilines is 1. The summed E-state index contributed by atoms with van der Waals surface area (Å²) >= 11 is 0. The van der Waals surface area contributed by atoms with Gasteiger partial charge in [-0.05, 0) is 61.8 Å². The van der Waals surface area contributed by atoms with E-state index in [4.69, 9.17) is 4.98 Å². The molecule has 0 N–H and O–H groups in total. The predicted molar refractivity (Wildman–Crippen MR) is 133 cm³/mol. The third-order valence-corrected chi connectivity index (χ3v) is 7.15. The van der Waals surface area contributed by atoms with Crippen LogP contribution in [0.2, 0.25) is 0 Å². The topological polar surface area (TPSA) is 42.1 Å². The number of pyridine rings is 1.